The zero-order valence-corrected chi connectivity index (χ0v) is 14.4. The first-order chi connectivity index (χ1) is 11.8. The van der Waals surface area contributed by atoms with E-state index in [1.807, 2.05) is 30.3 Å². The van der Waals surface area contributed by atoms with Crippen molar-refractivity contribution in [1.29, 1.82) is 5.26 Å². The van der Waals surface area contributed by atoms with Crippen LogP contribution in [0.3, 0.4) is 0 Å². The number of hydrogen-bond donors (Lipinski definition) is 1. The molecule has 0 saturated heterocycles. The van der Waals surface area contributed by atoms with Crippen LogP contribution in [0.25, 0.3) is 5.76 Å². The fourth-order valence-corrected chi connectivity index (χ4v) is 2.79. The quantitative estimate of drug-likeness (QED) is 0.808. The van der Waals surface area contributed by atoms with Gasteiger partial charge in [-0.2, -0.15) is 5.26 Å². The Hall–Kier alpha value is -3.19. The van der Waals surface area contributed by atoms with Crippen LogP contribution in [0.1, 0.15) is 42.3 Å². The largest absolute Gasteiger partial charge is 0.506 e. The topological polar surface area (TPSA) is 73.4 Å². The lowest BCUT2D eigenvalue weighted by Crippen LogP contribution is -2.10. The summed E-state index contributed by atoms with van der Waals surface area (Å²) in [4.78, 5) is 16.8. The summed E-state index contributed by atoms with van der Waals surface area (Å²) in [6.45, 7) is 6.34. The number of aliphatic hydroxyl groups is 1. The first-order valence-electron chi connectivity index (χ1n) is 8.00. The molecule has 0 saturated carbocycles. The molecule has 1 aliphatic carbocycles. The van der Waals surface area contributed by atoms with E-state index in [2.05, 4.69) is 25.8 Å². The molecule has 25 heavy (non-hydrogen) atoms. The lowest BCUT2D eigenvalue weighted by molar-refractivity contribution is 0.104. The van der Waals surface area contributed by atoms with Gasteiger partial charge in [-0.3, -0.25) is 4.79 Å². The Balaban J connectivity index is 2.02. The highest BCUT2D eigenvalue weighted by atomic mass is 16.3. The molecular weight excluding hydrogens is 312 g/mol. The van der Waals surface area contributed by atoms with Crippen molar-refractivity contribution in [3.8, 4) is 6.07 Å². The smallest absolute Gasteiger partial charge is 0.200 e. The molecule has 2 aromatic carbocycles. The first kappa shape index (κ1) is 16.7. The van der Waals surface area contributed by atoms with Crippen LogP contribution in [0.5, 0.6) is 0 Å². The molecule has 124 valence electrons. The van der Waals surface area contributed by atoms with Crippen molar-refractivity contribution in [2.75, 3.05) is 0 Å². The normalized spacial score (nSPS) is 14.5. The molecule has 0 aliphatic heterocycles. The van der Waals surface area contributed by atoms with Crippen molar-refractivity contribution in [3.63, 3.8) is 0 Å². The molecule has 0 aromatic heterocycles. The van der Waals surface area contributed by atoms with Crippen LogP contribution in [-0.2, 0) is 5.41 Å². The van der Waals surface area contributed by atoms with Crippen LogP contribution in [0.4, 0.5) is 5.69 Å². The highest BCUT2D eigenvalue weighted by Gasteiger charge is 2.32. The zero-order valence-electron chi connectivity index (χ0n) is 14.4. The maximum atomic E-state index is 12.5. The van der Waals surface area contributed by atoms with Gasteiger partial charge in [-0.05, 0) is 23.1 Å². The number of aliphatic imine (C=N–C) groups is 1. The second kappa shape index (κ2) is 6.03. The molecule has 0 unspecified atom stereocenters. The number of ketones is 1. The van der Waals surface area contributed by atoms with Crippen molar-refractivity contribution in [2.24, 2.45) is 4.99 Å². The summed E-state index contributed by atoms with van der Waals surface area (Å²) in [5.74, 6) is -0.563. The van der Waals surface area contributed by atoms with Gasteiger partial charge in [0.1, 0.15) is 17.4 Å². The van der Waals surface area contributed by atoms with Gasteiger partial charge in [-0.15, -0.1) is 0 Å². The predicted octanol–water partition coefficient (Wildman–Crippen LogP) is 4.75. The lowest BCUT2D eigenvalue weighted by atomic mass is 9.87. The molecule has 2 aromatic rings. The SMILES string of the molecule is CC(C)(C)c1ccc(N=C(C#N)C2=C(O)c3ccccc3C2=O)cc1. The predicted molar refractivity (Wildman–Crippen MR) is 98.2 cm³/mol. The summed E-state index contributed by atoms with van der Waals surface area (Å²) in [5, 5.41) is 19.8. The number of carbonyl (C=O) groups excluding carboxylic acids is 1. The summed E-state index contributed by atoms with van der Waals surface area (Å²) >= 11 is 0. The number of Topliss-reactive ketones (excluding diaryl/α,β-unsaturated/α-hetero) is 1. The summed E-state index contributed by atoms with van der Waals surface area (Å²) in [6, 6.07) is 16.2. The van der Waals surface area contributed by atoms with E-state index in [0.717, 1.165) is 5.56 Å². The highest BCUT2D eigenvalue weighted by molar-refractivity contribution is 6.39. The Morgan fingerprint density at radius 3 is 2.16 bits per heavy atom. The van der Waals surface area contributed by atoms with Crippen molar-refractivity contribution >= 4 is 22.9 Å². The summed E-state index contributed by atoms with van der Waals surface area (Å²) in [5.41, 5.74) is 2.44. The van der Waals surface area contributed by atoms with Gasteiger partial charge in [0.15, 0.2) is 11.5 Å². The monoisotopic (exact) mass is 330 g/mol. The molecule has 0 radical (unpaired) electrons. The average molecular weight is 330 g/mol. The molecule has 4 heteroatoms. The summed E-state index contributed by atoms with van der Waals surface area (Å²) in [6.07, 6.45) is 0. The molecule has 0 amide bonds. The van der Waals surface area contributed by atoms with E-state index in [1.54, 1.807) is 24.3 Å². The van der Waals surface area contributed by atoms with Crippen LogP contribution in [0.2, 0.25) is 0 Å². The Morgan fingerprint density at radius 2 is 1.64 bits per heavy atom. The number of aliphatic hydroxyl groups excluding tert-OH is 1. The number of nitrogens with zero attached hydrogens (tertiary/aromatic N) is 2. The number of hydrogen-bond acceptors (Lipinski definition) is 4. The van der Waals surface area contributed by atoms with Gasteiger partial charge < -0.3 is 5.11 Å². The van der Waals surface area contributed by atoms with Gasteiger partial charge in [0, 0.05) is 11.1 Å². The number of benzene rings is 2. The standard InChI is InChI=1S/C21H18N2O2/c1-21(2,3)13-8-10-14(11-9-13)23-17(12-22)18-19(24)15-6-4-5-7-16(15)20(18)25/h4-11,24H,1-3H3. The minimum Gasteiger partial charge on any atom is -0.506 e. The fraction of sp³-hybridized carbons (Fsp3) is 0.190. The van der Waals surface area contributed by atoms with E-state index in [9.17, 15) is 15.2 Å². The van der Waals surface area contributed by atoms with Gasteiger partial charge in [0.05, 0.1) is 5.69 Å². The Morgan fingerprint density at radius 1 is 1.04 bits per heavy atom. The lowest BCUT2D eigenvalue weighted by Gasteiger charge is -2.18. The van der Waals surface area contributed by atoms with Crippen LogP contribution in [-0.4, -0.2) is 16.6 Å². The summed E-state index contributed by atoms with van der Waals surface area (Å²) in [7, 11) is 0. The van der Waals surface area contributed by atoms with Gasteiger partial charge in [-0.25, -0.2) is 4.99 Å². The minimum atomic E-state index is -0.375. The summed E-state index contributed by atoms with van der Waals surface area (Å²) < 4.78 is 0. The van der Waals surface area contributed by atoms with Crippen LogP contribution in [0, 0.1) is 11.3 Å². The van der Waals surface area contributed by atoms with Crippen LogP contribution in [0.15, 0.2) is 59.1 Å². The molecule has 0 bridgehead atoms. The molecule has 0 fully saturated rings. The van der Waals surface area contributed by atoms with Crippen LogP contribution >= 0.6 is 0 Å². The molecule has 1 N–H and O–H groups in total. The third-order valence-corrected chi connectivity index (χ3v) is 4.21. The fourth-order valence-electron chi connectivity index (χ4n) is 2.79. The van der Waals surface area contributed by atoms with Gasteiger partial charge >= 0.3 is 0 Å². The number of fused-ring (bicyclic) bond motifs is 1. The third-order valence-electron chi connectivity index (χ3n) is 4.21. The van der Waals surface area contributed by atoms with Gasteiger partial charge in [0.2, 0.25) is 0 Å². The maximum Gasteiger partial charge on any atom is 0.200 e. The van der Waals surface area contributed by atoms with Gasteiger partial charge in [0.25, 0.3) is 0 Å². The number of rotatable bonds is 2. The molecule has 0 atom stereocenters. The average Bonchev–Trinajstić information content (AvgIpc) is 2.84. The molecule has 0 spiro atoms. The Kier molecular flexibility index (Phi) is 4.02. The first-order valence-corrected chi connectivity index (χ1v) is 8.00. The van der Waals surface area contributed by atoms with E-state index >= 15 is 0 Å². The van der Waals surface area contributed by atoms with E-state index in [1.165, 1.54) is 0 Å². The number of carbonyl (C=O) groups is 1. The third kappa shape index (κ3) is 2.97. The molecule has 3 rings (SSSR count). The molecule has 0 heterocycles. The van der Waals surface area contributed by atoms with Crippen LogP contribution < -0.4 is 0 Å². The van der Waals surface area contributed by atoms with E-state index in [0.29, 0.717) is 16.8 Å². The second-order valence-electron chi connectivity index (χ2n) is 6.97. The molecule has 1 aliphatic rings. The van der Waals surface area contributed by atoms with E-state index < -0.39 is 0 Å². The highest BCUT2D eigenvalue weighted by Crippen LogP contribution is 2.32. The van der Waals surface area contributed by atoms with E-state index in [4.69, 9.17) is 0 Å². The molecule has 4 nitrogen and oxygen atoms in total. The second-order valence-corrected chi connectivity index (χ2v) is 6.97. The van der Waals surface area contributed by atoms with Crippen molar-refractivity contribution in [1.82, 2.24) is 0 Å². The Bertz CT molecular complexity index is 953. The maximum absolute atomic E-state index is 12.5. The van der Waals surface area contributed by atoms with Crippen molar-refractivity contribution in [3.05, 3.63) is 70.8 Å². The minimum absolute atomic E-state index is 0.0180. The van der Waals surface area contributed by atoms with Gasteiger partial charge in [-0.1, -0.05) is 57.2 Å². The van der Waals surface area contributed by atoms with Crippen molar-refractivity contribution in [2.45, 2.75) is 26.2 Å². The Labute approximate surface area is 146 Å². The number of nitriles is 1. The molecular formula is C21H18N2O2. The van der Waals surface area contributed by atoms with Crippen molar-refractivity contribution < 1.29 is 9.90 Å². The number of allylic oxidation sites excluding steroid dienone is 1. The zero-order chi connectivity index (χ0) is 18.2. The van der Waals surface area contributed by atoms with E-state index in [-0.39, 0.29) is 28.2 Å².